The van der Waals surface area contributed by atoms with Gasteiger partial charge in [-0.3, -0.25) is 10.1 Å². The quantitative estimate of drug-likeness (QED) is 0.636. The van der Waals surface area contributed by atoms with Crippen LogP contribution in [0.5, 0.6) is 11.5 Å². The molecule has 0 aliphatic rings. The molecule has 0 radical (unpaired) electrons. The Kier molecular flexibility index (Phi) is 4.90. The molecule has 0 fully saturated rings. The highest BCUT2D eigenvalue weighted by molar-refractivity contribution is 6.42. The molecule has 8 heteroatoms. The number of halogens is 3. The molecule has 0 atom stereocenters. The molecule has 0 amide bonds. The first-order chi connectivity index (χ1) is 9.92. The number of nitro groups is 1. The zero-order valence-electron chi connectivity index (χ0n) is 10.5. The van der Waals surface area contributed by atoms with Gasteiger partial charge in [-0.25, -0.2) is 0 Å². The first-order valence-corrected chi connectivity index (χ1v) is 6.85. The molecule has 2 aromatic rings. The lowest BCUT2D eigenvalue weighted by Crippen LogP contribution is -1.97. The van der Waals surface area contributed by atoms with Crippen molar-refractivity contribution < 1.29 is 9.66 Å². The van der Waals surface area contributed by atoms with Crippen molar-refractivity contribution in [2.45, 2.75) is 6.54 Å². The Morgan fingerprint density at radius 2 is 1.71 bits per heavy atom. The van der Waals surface area contributed by atoms with Gasteiger partial charge in [0.05, 0.1) is 20.0 Å². The van der Waals surface area contributed by atoms with E-state index in [-0.39, 0.29) is 27.2 Å². The minimum Gasteiger partial charge on any atom is -0.448 e. The molecule has 2 aromatic carbocycles. The van der Waals surface area contributed by atoms with Crippen LogP contribution < -0.4 is 10.5 Å². The van der Waals surface area contributed by atoms with Gasteiger partial charge < -0.3 is 10.5 Å². The highest BCUT2D eigenvalue weighted by Gasteiger charge is 2.20. The Morgan fingerprint density at radius 1 is 1.05 bits per heavy atom. The average Bonchev–Trinajstić information content (AvgIpc) is 2.44. The smallest absolute Gasteiger partial charge is 0.313 e. The highest BCUT2D eigenvalue weighted by atomic mass is 35.5. The molecule has 21 heavy (non-hydrogen) atoms. The van der Waals surface area contributed by atoms with E-state index in [0.29, 0.717) is 11.6 Å². The van der Waals surface area contributed by atoms with Gasteiger partial charge in [0.1, 0.15) is 5.75 Å². The molecule has 0 bridgehead atoms. The van der Waals surface area contributed by atoms with Gasteiger partial charge in [-0.15, -0.1) is 0 Å². The number of nitro benzene ring substituents is 1. The maximum Gasteiger partial charge on any atom is 0.313 e. The Balaban J connectivity index is 2.43. The van der Waals surface area contributed by atoms with Crippen LogP contribution >= 0.6 is 34.8 Å². The van der Waals surface area contributed by atoms with E-state index in [9.17, 15) is 10.1 Å². The summed E-state index contributed by atoms with van der Waals surface area (Å²) in [6.07, 6.45) is 0. The number of benzene rings is 2. The fourth-order valence-corrected chi connectivity index (χ4v) is 2.17. The lowest BCUT2D eigenvalue weighted by Gasteiger charge is -2.10. The standard InChI is InChI=1S/C13H9Cl3N2O3/c14-8-4-11(18(19)20)13(5-9(8)15)21-12-2-1-7(6-17)3-10(12)16/h1-5H,6,17H2. The van der Waals surface area contributed by atoms with E-state index in [1.54, 1.807) is 18.2 Å². The van der Waals surface area contributed by atoms with Crippen LogP contribution in [0.4, 0.5) is 5.69 Å². The van der Waals surface area contributed by atoms with E-state index in [2.05, 4.69) is 0 Å². The minimum atomic E-state index is -0.611. The summed E-state index contributed by atoms with van der Waals surface area (Å²) < 4.78 is 5.48. The molecule has 0 saturated heterocycles. The number of hydrogen-bond acceptors (Lipinski definition) is 4. The molecule has 0 aliphatic heterocycles. The first-order valence-electron chi connectivity index (χ1n) is 5.72. The van der Waals surface area contributed by atoms with Crippen molar-refractivity contribution in [2.24, 2.45) is 5.73 Å². The maximum absolute atomic E-state index is 11.0. The van der Waals surface area contributed by atoms with E-state index >= 15 is 0 Å². The monoisotopic (exact) mass is 346 g/mol. The first kappa shape index (κ1) is 15.9. The van der Waals surface area contributed by atoms with Crippen molar-refractivity contribution in [1.82, 2.24) is 0 Å². The number of nitrogens with zero attached hydrogens (tertiary/aromatic N) is 1. The molecular weight excluding hydrogens is 339 g/mol. The SMILES string of the molecule is NCc1ccc(Oc2cc(Cl)c(Cl)cc2[N+](=O)[O-])c(Cl)c1. The lowest BCUT2D eigenvalue weighted by molar-refractivity contribution is -0.385. The molecule has 0 heterocycles. The second-order valence-corrected chi connectivity index (χ2v) is 5.28. The summed E-state index contributed by atoms with van der Waals surface area (Å²) in [6, 6.07) is 7.32. The van der Waals surface area contributed by atoms with E-state index in [1.165, 1.54) is 6.07 Å². The molecule has 0 saturated carbocycles. The van der Waals surface area contributed by atoms with Crippen LogP contribution in [-0.2, 0) is 6.54 Å². The zero-order chi connectivity index (χ0) is 15.6. The molecule has 5 nitrogen and oxygen atoms in total. The van der Waals surface area contributed by atoms with E-state index in [4.69, 9.17) is 45.3 Å². The number of hydrogen-bond donors (Lipinski definition) is 1. The van der Waals surface area contributed by atoms with Gasteiger partial charge in [-0.2, -0.15) is 0 Å². The molecule has 2 N–H and O–H groups in total. The van der Waals surface area contributed by atoms with Gasteiger partial charge in [0.2, 0.25) is 5.75 Å². The van der Waals surface area contributed by atoms with Gasteiger partial charge in [-0.1, -0.05) is 40.9 Å². The molecule has 0 aliphatic carbocycles. The van der Waals surface area contributed by atoms with Crippen molar-refractivity contribution in [2.75, 3.05) is 0 Å². The summed E-state index contributed by atoms with van der Waals surface area (Å²) in [5.74, 6) is 0.215. The summed E-state index contributed by atoms with van der Waals surface area (Å²) in [7, 11) is 0. The molecular formula is C13H9Cl3N2O3. The highest BCUT2D eigenvalue weighted by Crippen LogP contribution is 2.39. The van der Waals surface area contributed by atoms with Gasteiger partial charge in [0.15, 0.2) is 0 Å². The van der Waals surface area contributed by atoms with E-state index in [1.807, 2.05) is 0 Å². The predicted molar refractivity (Wildman–Crippen MR) is 82.5 cm³/mol. The predicted octanol–water partition coefficient (Wildman–Crippen LogP) is 4.81. The second-order valence-electron chi connectivity index (χ2n) is 4.06. The summed E-state index contributed by atoms with van der Waals surface area (Å²) >= 11 is 17.7. The molecule has 0 spiro atoms. The van der Waals surface area contributed by atoms with Crippen molar-refractivity contribution in [3.63, 3.8) is 0 Å². The van der Waals surface area contributed by atoms with Crippen LogP contribution in [0.15, 0.2) is 30.3 Å². The second kappa shape index (κ2) is 6.49. The van der Waals surface area contributed by atoms with Crippen LogP contribution in [0.3, 0.4) is 0 Å². The van der Waals surface area contributed by atoms with Gasteiger partial charge in [0.25, 0.3) is 0 Å². The Morgan fingerprint density at radius 3 is 2.29 bits per heavy atom. The van der Waals surface area contributed by atoms with Crippen LogP contribution in [0, 0.1) is 10.1 Å². The Bertz CT molecular complexity index is 707. The van der Waals surface area contributed by atoms with Crippen molar-refractivity contribution in [3.8, 4) is 11.5 Å². The Labute approximate surface area is 135 Å². The van der Waals surface area contributed by atoms with Crippen molar-refractivity contribution in [1.29, 1.82) is 0 Å². The number of ether oxygens (including phenoxy) is 1. The normalized spacial score (nSPS) is 10.5. The topological polar surface area (TPSA) is 78.4 Å². The molecule has 110 valence electrons. The number of rotatable bonds is 4. The van der Waals surface area contributed by atoms with Crippen LogP contribution in [0.25, 0.3) is 0 Å². The fourth-order valence-electron chi connectivity index (χ4n) is 1.62. The number of nitrogens with two attached hydrogens (primary N) is 1. The fraction of sp³-hybridized carbons (Fsp3) is 0.0769. The van der Waals surface area contributed by atoms with Crippen LogP contribution in [0.1, 0.15) is 5.56 Å². The van der Waals surface area contributed by atoms with Gasteiger partial charge in [0, 0.05) is 18.7 Å². The Hall–Kier alpha value is -1.53. The summed E-state index contributed by atoms with van der Waals surface area (Å²) in [6.45, 7) is 0.326. The van der Waals surface area contributed by atoms with E-state index < -0.39 is 4.92 Å². The van der Waals surface area contributed by atoms with Crippen LogP contribution in [-0.4, -0.2) is 4.92 Å². The maximum atomic E-state index is 11.0. The van der Waals surface area contributed by atoms with E-state index in [0.717, 1.165) is 11.6 Å². The third-order valence-corrected chi connectivity index (χ3v) is 3.67. The van der Waals surface area contributed by atoms with Crippen molar-refractivity contribution in [3.05, 3.63) is 61.1 Å². The third-order valence-electron chi connectivity index (χ3n) is 2.65. The van der Waals surface area contributed by atoms with Gasteiger partial charge in [-0.05, 0) is 17.7 Å². The lowest BCUT2D eigenvalue weighted by atomic mass is 10.2. The minimum absolute atomic E-state index is 0.0446. The zero-order valence-corrected chi connectivity index (χ0v) is 12.7. The summed E-state index contributed by atoms with van der Waals surface area (Å²) in [5, 5.41) is 11.5. The van der Waals surface area contributed by atoms with Gasteiger partial charge >= 0.3 is 5.69 Å². The third kappa shape index (κ3) is 3.57. The molecule has 0 unspecified atom stereocenters. The largest absolute Gasteiger partial charge is 0.448 e. The van der Waals surface area contributed by atoms with Crippen LogP contribution in [0.2, 0.25) is 15.1 Å². The average molecular weight is 348 g/mol. The summed E-state index contributed by atoms with van der Waals surface area (Å²) in [4.78, 5) is 10.4. The molecule has 0 aromatic heterocycles. The molecule has 2 rings (SSSR count). The summed E-state index contributed by atoms with van der Waals surface area (Å²) in [5.41, 5.74) is 6.01. The van der Waals surface area contributed by atoms with Crippen molar-refractivity contribution >= 4 is 40.5 Å².